The van der Waals surface area contributed by atoms with Gasteiger partial charge in [-0.25, -0.2) is 4.79 Å². The van der Waals surface area contributed by atoms with Crippen molar-refractivity contribution in [2.45, 2.75) is 25.7 Å². The van der Waals surface area contributed by atoms with Gasteiger partial charge in [0, 0.05) is 17.8 Å². The summed E-state index contributed by atoms with van der Waals surface area (Å²) >= 11 is 0. The maximum Gasteiger partial charge on any atom is 0.335 e. The minimum absolute atomic E-state index is 0.0479. The Bertz CT molecular complexity index is 859. The number of carbonyl (C=O) groups is 3. The fourth-order valence-corrected chi connectivity index (χ4v) is 3.08. The highest BCUT2D eigenvalue weighted by Crippen LogP contribution is 2.35. The normalized spacial score (nSPS) is 15.3. The van der Waals surface area contributed by atoms with Gasteiger partial charge in [0.2, 0.25) is 5.91 Å². The summed E-state index contributed by atoms with van der Waals surface area (Å²) in [5, 5.41) is 14.5. The molecule has 3 N–H and O–H groups in total. The minimum atomic E-state index is -1.03. The number of carboxylic acids is 1. The van der Waals surface area contributed by atoms with Crippen molar-refractivity contribution in [3.05, 3.63) is 64.7 Å². The van der Waals surface area contributed by atoms with Gasteiger partial charge in [0.15, 0.2) is 0 Å². The molecule has 0 saturated heterocycles. The van der Waals surface area contributed by atoms with Crippen LogP contribution >= 0.6 is 0 Å². The Morgan fingerprint density at radius 1 is 1.12 bits per heavy atom. The minimum Gasteiger partial charge on any atom is -0.478 e. The zero-order valence-corrected chi connectivity index (χ0v) is 14.4. The van der Waals surface area contributed by atoms with Gasteiger partial charge in [-0.2, -0.15) is 0 Å². The number of aromatic carboxylic acids is 1. The predicted octanol–water partition coefficient (Wildman–Crippen LogP) is 2.80. The number of hydrogen-bond acceptors (Lipinski definition) is 3. The number of benzene rings is 2. The number of amides is 2. The molecular weight excluding hydrogens is 332 g/mol. The molecule has 6 heteroatoms. The van der Waals surface area contributed by atoms with E-state index in [1.165, 1.54) is 29.8 Å². The first-order chi connectivity index (χ1) is 12.5. The first-order valence-electron chi connectivity index (χ1n) is 8.55. The first-order valence-corrected chi connectivity index (χ1v) is 8.55. The van der Waals surface area contributed by atoms with Gasteiger partial charge >= 0.3 is 5.97 Å². The van der Waals surface area contributed by atoms with Crippen LogP contribution in [0.15, 0.2) is 42.5 Å². The average Bonchev–Trinajstić information content (AvgIpc) is 2.96. The maximum atomic E-state index is 12.2. The van der Waals surface area contributed by atoms with Crippen molar-refractivity contribution in [2.24, 2.45) is 0 Å². The molecule has 0 aromatic heterocycles. The van der Waals surface area contributed by atoms with E-state index in [1.54, 1.807) is 0 Å². The Morgan fingerprint density at radius 3 is 2.46 bits per heavy atom. The molecule has 2 aromatic rings. The van der Waals surface area contributed by atoms with Crippen LogP contribution in [-0.4, -0.2) is 29.4 Å². The third kappa shape index (κ3) is 3.59. The molecule has 0 radical (unpaired) electrons. The van der Waals surface area contributed by atoms with Gasteiger partial charge in [-0.1, -0.05) is 19.1 Å². The average molecular weight is 352 g/mol. The lowest BCUT2D eigenvalue weighted by molar-refractivity contribution is -0.117. The number of carboxylic acid groups (broad SMARTS) is 1. The quantitative estimate of drug-likeness (QED) is 0.745. The lowest BCUT2D eigenvalue weighted by Gasteiger charge is -2.11. The Balaban J connectivity index is 1.60. The number of carbonyl (C=O) groups excluding carboxylic acids is 2. The van der Waals surface area contributed by atoms with Crippen LogP contribution in [0, 0.1) is 0 Å². The molecule has 2 aromatic carbocycles. The molecule has 0 saturated carbocycles. The maximum absolute atomic E-state index is 12.2. The van der Waals surface area contributed by atoms with E-state index in [4.69, 9.17) is 5.11 Å². The highest BCUT2D eigenvalue weighted by atomic mass is 16.4. The molecular formula is C20H20N2O4. The molecule has 0 fully saturated rings. The molecule has 1 unspecified atom stereocenters. The standard InChI is InChI=1S/C20H20N2O4/c1-2-12-3-8-17-16(11-12)15(19(24)22-17)9-10-21-18(23)13-4-6-14(7-5-13)20(25)26/h3-8,11,15H,2,9-10H2,1H3,(H,21,23)(H,22,24)(H,25,26). The summed E-state index contributed by atoms with van der Waals surface area (Å²) in [4.78, 5) is 35.2. The SMILES string of the molecule is CCc1ccc2c(c1)C(CCNC(=O)c1ccc(C(=O)O)cc1)C(=O)N2. The van der Waals surface area contributed by atoms with Crippen molar-refractivity contribution < 1.29 is 19.5 Å². The second-order valence-corrected chi connectivity index (χ2v) is 6.24. The molecule has 1 atom stereocenters. The van der Waals surface area contributed by atoms with Crippen molar-refractivity contribution in [2.75, 3.05) is 11.9 Å². The van der Waals surface area contributed by atoms with Crippen LogP contribution in [0.25, 0.3) is 0 Å². The van der Waals surface area contributed by atoms with Crippen molar-refractivity contribution in [3.63, 3.8) is 0 Å². The van der Waals surface area contributed by atoms with E-state index in [0.717, 1.165) is 17.7 Å². The Labute approximate surface area is 151 Å². The summed E-state index contributed by atoms with van der Waals surface area (Å²) in [5.74, 6) is -1.64. The molecule has 0 aliphatic carbocycles. The highest BCUT2D eigenvalue weighted by Gasteiger charge is 2.30. The lowest BCUT2D eigenvalue weighted by Crippen LogP contribution is -2.27. The largest absolute Gasteiger partial charge is 0.478 e. The monoisotopic (exact) mass is 352 g/mol. The predicted molar refractivity (Wildman–Crippen MR) is 97.5 cm³/mol. The molecule has 1 heterocycles. The smallest absolute Gasteiger partial charge is 0.335 e. The van der Waals surface area contributed by atoms with Crippen LogP contribution in [0.5, 0.6) is 0 Å². The van der Waals surface area contributed by atoms with Gasteiger partial charge in [-0.3, -0.25) is 9.59 Å². The molecule has 0 bridgehead atoms. The van der Waals surface area contributed by atoms with E-state index >= 15 is 0 Å². The fraction of sp³-hybridized carbons (Fsp3) is 0.250. The van der Waals surface area contributed by atoms with Gasteiger partial charge in [0.05, 0.1) is 11.5 Å². The summed E-state index contributed by atoms with van der Waals surface area (Å²) < 4.78 is 0. The van der Waals surface area contributed by atoms with Crippen LogP contribution < -0.4 is 10.6 Å². The molecule has 1 aliphatic heterocycles. The number of hydrogen-bond donors (Lipinski definition) is 3. The molecule has 1 aliphatic rings. The summed E-state index contributed by atoms with van der Waals surface area (Å²) in [6, 6.07) is 11.7. The number of anilines is 1. The van der Waals surface area contributed by atoms with Gasteiger partial charge in [0.25, 0.3) is 5.91 Å². The van der Waals surface area contributed by atoms with Crippen molar-refractivity contribution >= 4 is 23.5 Å². The second-order valence-electron chi connectivity index (χ2n) is 6.24. The van der Waals surface area contributed by atoms with Gasteiger partial charge < -0.3 is 15.7 Å². The van der Waals surface area contributed by atoms with Crippen LogP contribution in [0.3, 0.4) is 0 Å². The fourth-order valence-electron chi connectivity index (χ4n) is 3.08. The molecule has 3 rings (SSSR count). The number of fused-ring (bicyclic) bond motifs is 1. The van der Waals surface area contributed by atoms with Crippen LogP contribution in [0.4, 0.5) is 5.69 Å². The summed E-state index contributed by atoms with van der Waals surface area (Å²) in [6.45, 7) is 2.42. The van der Waals surface area contributed by atoms with Gasteiger partial charge in [0.1, 0.15) is 0 Å². The zero-order chi connectivity index (χ0) is 18.7. The molecule has 6 nitrogen and oxygen atoms in total. The van der Waals surface area contributed by atoms with E-state index in [0.29, 0.717) is 18.5 Å². The van der Waals surface area contributed by atoms with E-state index in [-0.39, 0.29) is 23.3 Å². The van der Waals surface area contributed by atoms with Crippen LogP contribution in [0.1, 0.15) is 51.1 Å². The van der Waals surface area contributed by atoms with Crippen molar-refractivity contribution in [3.8, 4) is 0 Å². The number of rotatable bonds is 6. The van der Waals surface area contributed by atoms with E-state index in [1.807, 2.05) is 18.2 Å². The first kappa shape index (κ1) is 17.7. The summed E-state index contributed by atoms with van der Waals surface area (Å²) in [7, 11) is 0. The van der Waals surface area contributed by atoms with E-state index in [9.17, 15) is 14.4 Å². The molecule has 26 heavy (non-hydrogen) atoms. The van der Waals surface area contributed by atoms with Gasteiger partial charge in [-0.15, -0.1) is 0 Å². The highest BCUT2D eigenvalue weighted by molar-refractivity contribution is 6.03. The number of aryl methyl sites for hydroxylation is 1. The summed E-state index contributed by atoms with van der Waals surface area (Å²) in [5.41, 5.74) is 3.52. The molecule has 0 spiro atoms. The third-order valence-corrected chi connectivity index (χ3v) is 4.59. The van der Waals surface area contributed by atoms with E-state index < -0.39 is 5.97 Å². The Morgan fingerprint density at radius 2 is 1.81 bits per heavy atom. The lowest BCUT2D eigenvalue weighted by atomic mass is 9.95. The topological polar surface area (TPSA) is 95.5 Å². The third-order valence-electron chi connectivity index (χ3n) is 4.59. The van der Waals surface area contributed by atoms with E-state index in [2.05, 4.69) is 17.6 Å². The Hall–Kier alpha value is -3.15. The molecule has 134 valence electrons. The van der Waals surface area contributed by atoms with Crippen LogP contribution in [0.2, 0.25) is 0 Å². The number of nitrogens with one attached hydrogen (secondary N) is 2. The van der Waals surface area contributed by atoms with Crippen molar-refractivity contribution in [1.82, 2.24) is 5.32 Å². The van der Waals surface area contributed by atoms with Crippen molar-refractivity contribution in [1.29, 1.82) is 0 Å². The van der Waals surface area contributed by atoms with Crippen LogP contribution in [-0.2, 0) is 11.2 Å². The summed E-state index contributed by atoms with van der Waals surface area (Å²) in [6.07, 6.45) is 1.40. The Kier molecular flexibility index (Phi) is 5.02. The second kappa shape index (κ2) is 7.39. The zero-order valence-electron chi connectivity index (χ0n) is 14.4. The molecule has 2 amide bonds. The van der Waals surface area contributed by atoms with Gasteiger partial charge in [-0.05, 0) is 54.3 Å².